The lowest BCUT2D eigenvalue weighted by Crippen LogP contribution is -2.21. The van der Waals surface area contributed by atoms with Gasteiger partial charge in [0.15, 0.2) is 5.82 Å². The van der Waals surface area contributed by atoms with Crippen molar-refractivity contribution in [1.82, 2.24) is 15.5 Å². The molecule has 2 aromatic rings. The van der Waals surface area contributed by atoms with E-state index in [0.29, 0.717) is 18.5 Å². The predicted octanol–water partition coefficient (Wildman–Crippen LogP) is 2.13. The van der Waals surface area contributed by atoms with Gasteiger partial charge in [-0.25, -0.2) is 0 Å². The van der Waals surface area contributed by atoms with Crippen LogP contribution < -0.4 is 10.1 Å². The zero-order valence-corrected chi connectivity index (χ0v) is 11.8. The molecule has 0 spiro atoms. The van der Waals surface area contributed by atoms with Crippen molar-refractivity contribution in [2.45, 2.75) is 31.7 Å². The highest BCUT2D eigenvalue weighted by molar-refractivity contribution is 5.42. The topological polar surface area (TPSA) is 60.2 Å². The van der Waals surface area contributed by atoms with E-state index in [9.17, 15) is 0 Å². The van der Waals surface area contributed by atoms with Crippen LogP contribution >= 0.6 is 0 Å². The van der Waals surface area contributed by atoms with Crippen molar-refractivity contribution in [3.63, 3.8) is 0 Å². The van der Waals surface area contributed by atoms with E-state index < -0.39 is 0 Å². The summed E-state index contributed by atoms with van der Waals surface area (Å²) < 4.78 is 11.0. The number of benzene rings is 1. The highest BCUT2D eigenvalue weighted by Gasteiger charge is 2.29. The van der Waals surface area contributed by atoms with E-state index in [4.69, 9.17) is 9.26 Å². The van der Waals surface area contributed by atoms with Crippen molar-refractivity contribution in [2.24, 2.45) is 0 Å². The Hall–Kier alpha value is -1.88. The van der Waals surface area contributed by atoms with Gasteiger partial charge in [0.2, 0.25) is 5.89 Å². The zero-order chi connectivity index (χ0) is 13.9. The van der Waals surface area contributed by atoms with Crippen molar-refractivity contribution in [3.05, 3.63) is 41.5 Å². The summed E-state index contributed by atoms with van der Waals surface area (Å²) in [5.41, 5.74) is 1.14. The average molecular weight is 273 g/mol. The van der Waals surface area contributed by atoms with Crippen LogP contribution in [0.2, 0.25) is 0 Å². The molecule has 0 fully saturated rings. The third-order valence-electron chi connectivity index (χ3n) is 3.78. The van der Waals surface area contributed by atoms with Crippen LogP contribution in [0.1, 0.15) is 36.5 Å². The fraction of sp³-hybridized carbons (Fsp3) is 0.467. The maximum Gasteiger partial charge on any atom is 0.226 e. The predicted molar refractivity (Wildman–Crippen MR) is 74.9 cm³/mol. The number of fused-ring (bicyclic) bond motifs is 1. The Morgan fingerprint density at radius 2 is 2.25 bits per heavy atom. The number of nitrogens with one attached hydrogen (secondary N) is 1. The SMILES string of the molecule is CNC(C)CCc1nc(C2COc3ccccc32)no1. The Balaban J connectivity index is 1.72. The van der Waals surface area contributed by atoms with Crippen molar-refractivity contribution in [3.8, 4) is 5.75 Å². The van der Waals surface area contributed by atoms with Gasteiger partial charge in [-0.3, -0.25) is 0 Å². The van der Waals surface area contributed by atoms with Gasteiger partial charge in [0.25, 0.3) is 0 Å². The van der Waals surface area contributed by atoms with Crippen LogP contribution in [-0.4, -0.2) is 29.8 Å². The standard InChI is InChI=1S/C15H19N3O2/c1-10(16-2)7-8-14-17-15(18-20-14)12-9-19-13-6-4-3-5-11(12)13/h3-6,10,12,16H,7-9H2,1-2H3. The first-order chi connectivity index (χ1) is 9.78. The molecule has 1 aliphatic rings. The number of aryl methyl sites for hydroxylation is 1. The number of nitrogens with zero attached hydrogens (tertiary/aromatic N) is 2. The van der Waals surface area contributed by atoms with Gasteiger partial charge in [-0.2, -0.15) is 4.98 Å². The molecule has 5 nitrogen and oxygen atoms in total. The van der Waals surface area contributed by atoms with Crippen LogP contribution in [0.25, 0.3) is 0 Å². The summed E-state index contributed by atoms with van der Waals surface area (Å²) in [7, 11) is 1.96. The van der Waals surface area contributed by atoms with Gasteiger partial charge >= 0.3 is 0 Å². The summed E-state index contributed by atoms with van der Waals surface area (Å²) >= 11 is 0. The van der Waals surface area contributed by atoms with Crippen molar-refractivity contribution >= 4 is 0 Å². The fourth-order valence-corrected chi connectivity index (χ4v) is 2.37. The van der Waals surface area contributed by atoms with Gasteiger partial charge in [-0.05, 0) is 26.5 Å². The summed E-state index contributed by atoms with van der Waals surface area (Å²) in [6, 6.07) is 8.47. The quantitative estimate of drug-likeness (QED) is 0.904. The van der Waals surface area contributed by atoms with Gasteiger partial charge in [0.1, 0.15) is 12.4 Å². The van der Waals surface area contributed by atoms with E-state index in [2.05, 4.69) is 28.4 Å². The lowest BCUT2D eigenvalue weighted by Gasteiger charge is -2.06. The normalized spacial score (nSPS) is 18.6. The molecule has 2 unspecified atom stereocenters. The maximum absolute atomic E-state index is 5.66. The summed E-state index contributed by atoms with van der Waals surface area (Å²) in [5.74, 6) is 2.44. The third kappa shape index (κ3) is 2.54. The zero-order valence-electron chi connectivity index (χ0n) is 11.8. The van der Waals surface area contributed by atoms with E-state index >= 15 is 0 Å². The van der Waals surface area contributed by atoms with Crippen LogP contribution in [0.4, 0.5) is 0 Å². The van der Waals surface area contributed by atoms with Crippen LogP contribution in [0.3, 0.4) is 0 Å². The number of rotatable bonds is 5. The molecule has 2 atom stereocenters. The average Bonchev–Trinajstić information content (AvgIpc) is 3.10. The summed E-state index contributed by atoms with van der Waals surface area (Å²) in [5, 5.41) is 7.31. The maximum atomic E-state index is 5.66. The fourth-order valence-electron chi connectivity index (χ4n) is 2.37. The van der Waals surface area contributed by atoms with Gasteiger partial charge < -0.3 is 14.6 Å². The molecule has 0 bridgehead atoms. The monoisotopic (exact) mass is 273 g/mol. The Kier molecular flexibility index (Phi) is 3.69. The third-order valence-corrected chi connectivity index (χ3v) is 3.78. The minimum Gasteiger partial charge on any atom is -0.492 e. The molecule has 3 rings (SSSR count). The van der Waals surface area contributed by atoms with Gasteiger partial charge in [0, 0.05) is 18.0 Å². The van der Waals surface area contributed by atoms with Crippen LogP contribution in [-0.2, 0) is 6.42 Å². The van der Waals surface area contributed by atoms with E-state index in [1.54, 1.807) is 0 Å². The number of ether oxygens (including phenoxy) is 1. The molecule has 0 saturated heterocycles. The number of para-hydroxylation sites is 1. The number of hydrogen-bond acceptors (Lipinski definition) is 5. The highest BCUT2D eigenvalue weighted by atomic mass is 16.5. The Labute approximate surface area is 118 Å². The first-order valence-corrected chi connectivity index (χ1v) is 6.99. The number of aromatic nitrogens is 2. The van der Waals surface area contributed by atoms with Crippen molar-refractivity contribution in [1.29, 1.82) is 0 Å². The molecule has 0 aliphatic carbocycles. The lowest BCUT2D eigenvalue weighted by atomic mass is 10.0. The molecule has 1 aliphatic heterocycles. The molecular weight excluding hydrogens is 254 g/mol. The molecule has 1 aromatic carbocycles. The van der Waals surface area contributed by atoms with Crippen LogP contribution in [0, 0.1) is 0 Å². The van der Waals surface area contributed by atoms with E-state index in [1.807, 2.05) is 25.2 Å². The van der Waals surface area contributed by atoms with E-state index in [1.165, 1.54) is 0 Å². The molecule has 1 aromatic heterocycles. The highest BCUT2D eigenvalue weighted by Crippen LogP contribution is 2.36. The summed E-state index contributed by atoms with van der Waals surface area (Å²) in [6.45, 7) is 2.73. The Morgan fingerprint density at radius 1 is 1.40 bits per heavy atom. The molecule has 2 heterocycles. The van der Waals surface area contributed by atoms with Crippen molar-refractivity contribution in [2.75, 3.05) is 13.7 Å². The molecule has 1 N–H and O–H groups in total. The lowest BCUT2D eigenvalue weighted by molar-refractivity contribution is 0.330. The van der Waals surface area contributed by atoms with Crippen molar-refractivity contribution < 1.29 is 9.26 Å². The molecule has 106 valence electrons. The molecule has 20 heavy (non-hydrogen) atoms. The molecule has 0 amide bonds. The van der Waals surface area contributed by atoms with Gasteiger partial charge in [0.05, 0.1) is 5.92 Å². The summed E-state index contributed by atoms with van der Waals surface area (Å²) in [4.78, 5) is 4.51. The Bertz CT molecular complexity index is 582. The van der Waals surface area contributed by atoms with Gasteiger partial charge in [-0.15, -0.1) is 0 Å². The van der Waals surface area contributed by atoms with E-state index in [-0.39, 0.29) is 5.92 Å². The molecule has 0 radical (unpaired) electrons. The van der Waals surface area contributed by atoms with Gasteiger partial charge in [-0.1, -0.05) is 23.4 Å². The second-order valence-electron chi connectivity index (χ2n) is 5.18. The first-order valence-electron chi connectivity index (χ1n) is 6.99. The minimum atomic E-state index is 0.0884. The molecule has 5 heteroatoms. The molecule has 0 saturated carbocycles. The minimum absolute atomic E-state index is 0.0884. The first kappa shape index (κ1) is 13.1. The second-order valence-corrected chi connectivity index (χ2v) is 5.18. The smallest absolute Gasteiger partial charge is 0.226 e. The Morgan fingerprint density at radius 3 is 3.10 bits per heavy atom. The molecular formula is C15H19N3O2. The van der Waals surface area contributed by atoms with Crippen LogP contribution in [0.5, 0.6) is 5.75 Å². The summed E-state index contributed by atoms with van der Waals surface area (Å²) in [6.07, 6.45) is 1.78. The number of hydrogen-bond donors (Lipinski definition) is 1. The van der Waals surface area contributed by atoms with E-state index in [0.717, 1.165) is 30.0 Å². The second kappa shape index (κ2) is 5.63. The largest absolute Gasteiger partial charge is 0.492 e. The van der Waals surface area contributed by atoms with Crippen LogP contribution in [0.15, 0.2) is 28.8 Å².